The second kappa shape index (κ2) is 2.48. The predicted molar refractivity (Wildman–Crippen MR) is 53.0 cm³/mol. The third-order valence-corrected chi connectivity index (χ3v) is 2.83. The van der Waals surface area contributed by atoms with E-state index in [4.69, 9.17) is 11.6 Å². The third kappa shape index (κ3) is 1.05. The van der Waals surface area contributed by atoms with Crippen molar-refractivity contribution in [3.05, 3.63) is 29.7 Å². The molecule has 0 saturated heterocycles. The van der Waals surface area contributed by atoms with E-state index in [0.717, 1.165) is 10.4 Å². The van der Waals surface area contributed by atoms with Crippen LogP contribution in [0.2, 0.25) is 5.02 Å². The lowest BCUT2D eigenvalue weighted by Gasteiger charge is -1.99. The van der Waals surface area contributed by atoms with Crippen molar-refractivity contribution >= 4 is 22.5 Å². The highest BCUT2D eigenvalue weighted by molar-refractivity contribution is 6.35. The van der Waals surface area contributed by atoms with Crippen LogP contribution in [0.15, 0.2) is 24.7 Å². The Kier molecular flexibility index (Phi) is 1.41. The highest BCUT2D eigenvalue weighted by Gasteiger charge is 2.25. The largest absolute Gasteiger partial charge is 0.343 e. The summed E-state index contributed by atoms with van der Waals surface area (Å²) in [7, 11) is 0. The van der Waals surface area contributed by atoms with Gasteiger partial charge in [-0.25, -0.2) is 0 Å². The van der Waals surface area contributed by atoms with E-state index in [2.05, 4.69) is 9.55 Å². The van der Waals surface area contributed by atoms with Crippen molar-refractivity contribution in [2.45, 2.75) is 18.9 Å². The molecule has 2 aromatic rings. The van der Waals surface area contributed by atoms with Crippen molar-refractivity contribution in [1.82, 2.24) is 9.55 Å². The summed E-state index contributed by atoms with van der Waals surface area (Å²) in [4.78, 5) is 4.07. The van der Waals surface area contributed by atoms with Crippen LogP contribution in [-0.4, -0.2) is 9.55 Å². The summed E-state index contributed by atoms with van der Waals surface area (Å²) in [5.74, 6) is 0. The van der Waals surface area contributed by atoms with Crippen LogP contribution in [-0.2, 0) is 0 Å². The Labute approximate surface area is 81.1 Å². The van der Waals surface area contributed by atoms with Gasteiger partial charge in [0.05, 0.1) is 10.5 Å². The van der Waals surface area contributed by atoms with E-state index in [-0.39, 0.29) is 0 Å². The maximum absolute atomic E-state index is 6.09. The molecule has 0 spiro atoms. The molecule has 0 atom stereocenters. The monoisotopic (exact) mass is 192 g/mol. The fourth-order valence-corrected chi connectivity index (χ4v) is 1.96. The molecule has 0 unspecified atom stereocenters. The van der Waals surface area contributed by atoms with Crippen LogP contribution in [0.25, 0.3) is 10.9 Å². The Morgan fingerprint density at radius 2 is 2.31 bits per heavy atom. The lowest BCUT2D eigenvalue weighted by molar-refractivity contribution is 0.776. The molecule has 0 N–H and O–H groups in total. The summed E-state index contributed by atoms with van der Waals surface area (Å²) >= 11 is 6.09. The average Bonchev–Trinajstić information content (AvgIpc) is 2.94. The third-order valence-electron chi connectivity index (χ3n) is 2.53. The molecule has 2 aromatic heterocycles. The molecule has 1 aliphatic carbocycles. The number of fused-ring (bicyclic) bond motifs is 1. The zero-order valence-electron chi connectivity index (χ0n) is 7.07. The van der Waals surface area contributed by atoms with Gasteiger partial charge in [-0.05, 0) is 18.9 Å². The Morgan fingerprint density at radius 1 is 1.46 bits per heavy atom. The second-order valence-corrected chi connectivity index (χ2v) is 3.92. The van der Waals surface area contributed by atoms with Gasteiger partial charge < -0.3 is 4.57 Å². The van der Waals surface area contributed by atoms with Crippen LogP contribution >= 0.6 is 11.6 Å². The maximum atomic E-state index is 6.09. The number of halogens is 1. The quantitative estimate of drug-likeness (QED) is 0.679. The molecule has 0 bridgehead atoms. The van der Waals surface area contributed by atoms with Gasteiger partial charge >= 0.3 is 0 Å². The molecule has 0 radical (unpaired) electrons. The van der Waals surface area contributed by atoms with Gasteiger partial charge in [0.2, 0.25) is 0 Å². The number of aromatic nitrogens is 2. The smallest absolute Gasteiger partial charge is 0.0677 e. The molecule has 0 aliphatic heterocycles. The molecule has 3 heteroatoms. The molecule has 2 nitrogen and oxygen atoms in total. The Morgan fingerprint density at radius 3 is 3.08 bits per heavy atom. The van der Waals surface area contributed by atoms with Crippen molar-refractivity contribution < 1.29 is 0 Å². The Balaban J connectivity index is 2.34. The van der Waals surface area contributed by atoms with Crippen LogP contribution in [0.3, 0.4) is 0 Å². The van der Waals surface area contributed by atoms with Gasteiger partial charge in [0.25, 0.3) is 0 Å². The van der Waals surface area contributed by atoms with E-state index < -0.39 is 0 Å². The molecular formula is C10H9ClN2. The number of rotatable bonds is 1. The van der Waals surface area contributed by atoms with E-state index >= 15 is 0 Å². The van der Waals surface area contributed by atoms with Gasteiger partial charge in [0, 0.05) is 30.0 Å². The first kappa shape index (κ1) is 7.39. The van der Waals surface area contributed by atoms with E-state index in [1.807, 2.05) is 24.7 Å². The van der Waals surface area contributed by atoms with Crippen LogP contribution in [0, 0.1) is 0 Å². The summed E-state index contributed by atoms with van der Waals surface area (Å²) in [6.07, 6.45) is 8.23. The highest BCUT2D eigenvalue weighted by Crippen LogP contribution is 2.39. The molecule has 3 rings (SSSR count). The standard InChI is InChI=1S/C10H9ClN2/c11-9-6-13(7-1-2-7)10-3-4-12-5-8(9)10/h3-7H,1-2H2. The van der Waals surface area contributed by atoms with E-state index in [1.165, 1.54) is 18.4 Å². The fourth-order valence-electron chi connectivity index (χ4n) is 1.71. The topological polar surface area (TPSA) is 17.8 Å². The minimum atomic E-state index is 0.678. The van der Waals surface area contributed by atoms with E-state index in [1.54, 1.807) is 0 Å². The lowest BCUT2D eigenvalue weighted by atomic mass is 10.3. The average molecular weight is 193 g/mol. The molecule has 1 fully saturated rings. The highest BCUT2D eigenvalue weighted by atomic mass is 35.5. The first-order chi connectivity index (χ1) is 6.36. The minimum Gasteiger partial charge on any atom is -0.343 e. The number of nitrogens with zero attached hydrogens (tertiary/aromatic N) is 2. The summed E-state index contributed by atoms with van der Waals surface area (Å²) in [5, 5.41) is 1.88. The normalized spacial score (nSPS) is 16.7. The molecule has 0 amide bonds. The second-order valence-electron chi connectivity index (χ2n) is 3.51. The van der Waals surface area contributed by atoms with Crippen molar-refractivity contribution in [3.63, 3.8) is 0 Å². The van der Waals surface area contributed by atoms with Crippen LogP contribution in [0.1, 0.15) is 18.9 Å². The van der Waals surface area contributed by atoms with Crippen LogP contribution < -0.4 is 0 Å². The molecule has 66 valence electrons. The first-order valence-electron chi connectivity index (χ1n) is 4.46. The molecular weight excluding hydrogens is 184 g/mol. The summed E-state index contributed by atoms with van der Waals surface area (Å²) in [5.41, 5.74) is 1.21. The Hall–Kier alpha value is -1.02. The minimum absolute atomic E-state index is 0.678. The van der Waals surface area contributed by atoms with Crippen molar-refractivity contribution in [2.24, 2.45) is 0 Å². The first-order valence-corrected chi connectivity index (χ1v) is 4.84. The predicted octanol–water partition coefficient (Wildman–Crippen LogP) is 3.02. The zero-order valence-corrected chi connectivity index (χ0v) is 7.83. The fraction of sp³-hybridized carbons (Fsp3) is 0.300. The van der Waals surface area contributed by atoms with E-state index in [9.17, 15) is 0 Å². The van der Waals surface area contributed by atoms with Gasteiger partial charge in [-0.2, -0.15) is 0 Å². The van der Waals surface area contributed by atoms with Gasteiger partial charge in [0.15, 0.2) is 0 Å². The van der Waals surface area contributed by atoms with Gasteiger partial charge in [-0.15, -0.1) is 0 Å². The zero-order chi connectivity index (χ0) is 8.84. The summed E-state index contributed by atoms with van der Waals surface area (Å²) in [6, 6.07) is 2.71. The van der Waals surface area contributed by atoms with Crippen molar-refractivity contribution in [1.29, 1.82) is 0 Å². The molecule has 0 aromatic carbocycles. The molecule has 1 saturated carbocycles. The summed E-state index contributed by atoms with van der Waals surface area (Å²) < 4.78 is 2.26. The lowest BCUT2D eigenvalue weighted by Crippen LogP contribution is -1.89. The van der Waals surface area contributed by atoms with Gasteiger partial charge in [-0.1, -0.05) is 11.6 Å². The number of hydrogen-bond donors (Lipinski definition) is 0. The molecule has 2 heterocycles. The van der Waals surface area contributed by atoms with Crippen molar-refractivity contribution in [3.8, 4) is 0 Å². The maximum Gasteiger partial charge on any atom is 0.0677 e. The van der Waals surface area contributed by atoms with E-state index in [0.29, 0.717) is 6.04 Å². The van der Waals surface area contributed by atoms with Crippen LogP contribution in [0.4, 0.5) is 0 Å². The van der Waals surface area contributed by atoms with Gasteiger partial charge in [-0.3, -0.25) is 4.98 Å². The number of pyridine rings is 1. The van der Waals surface area contributed by atoms with Crippen molar-refractivity contribution in [2.75, 3.05) is 0 Å². The number of hydrogen-bond acceptors (Lipinski definition) is 1. The molecule has 13 heavy (non-hydrogen) atoms. The molecule has 1 aliphatic rings. The Bertz CT molecular complexity index is 457. The SMILES string of the molecule is Clc1cn(C2CC2)c2ccncc12. The summed E-state index contributed by atoms with van der Waals surface area (Å²) in [6.45, 7) is 0. The van der Waals surface area contributed by atoms with Gasteiger partial charge in [0.1, 0.15) is 0 Å². The van der Waals surface area contributed by atoms with Crippen LogP contribution in [0.5, 0.6) is 0 Å².